The van der Waals surface area contributed by atoms with Crippen LogP contribution < -0.4 is 5.32 Å². The van der Waals surface area contributed by atoms with Gasteiger partial charge < -0.3 is 5.32 Å². The number of benzene rings is 2. The lowest BCUT2D eigenvalue weighted by molar-refractivity contribution is 0.102. The van der Waals surface area contributed by atoms with Crippen LogP contribution in [0.4, 0.5) is 5.82 Å². The molecule has 0 radical (unpaired) electrons. The number of hydrogen-bond donors (Lipinski definition) is 2. The third-order valence-corrected chi connectivity index (χ3v) is 5.14. The molecule has 0 aliphatic heterocycles. The van der Waals surface area contributed by atoms with Crippen molar-refractivity contribution in [3.8, 4) is 11.3 Å². The predicted molar refractivity (Wildman–Crippen MR) is 115 cm³/mol. The van der Waals surface area contributed by atoms with E-state index in [9.17, 15) is 4.79 Å². The minimum absolute atomic E-state index is 0.322. The Balaban J connectivity index is 1.45. The Bertz CT molecular complexity index is 1140. The van der Waals surface area contributed by atoms with Crippen LogP contribution in [-0.2, 0) is 6.54 Å². The number of nitrogens with one attached hydrogen (secondary N) is 2. The maximum atomic E-state index is 12.5. The predicted octanol–water partition coefficient (Wildman–Crippen LogP) is 5.19. The van der Waals surface area contributed by atoms with Gasteiger partial charge in [0.2, 0.25) is 0 Å². The summed E-state index contributed by atoms with van der Waals surface area (Å²) in [5, 5.41) is 15.2. The summed E-state index contributed by atoms with van der Waals surface area (Å²) in [5.41, 5.74) is 3.93. The number of nitrogens with zero attached hydrogens (tertiary/aromatic N) is 3. The fourth-order valence-electron chi connectivity index (χ4n) is 2.86. The SMILES string of the molecule is Cc1ccc(-c2cc(C(=O)Nc3ccn(Cc4c(Cl)cccc4Cl)n3)[nH]n2)cc1. The molecule has 0 fully saturated rings. The van der Waals surface area contributed by atoms with Gasteiger partial charge in [0.1, 0.15) is 5.69 Å². The molecule has 2 heterocycles. The molecule has 1 amide bonds. The Labute approximate surface area is 177 Å². The van der Waals surface area contributed by atoms with Gasteiger partial charge in [-0.1, -0.05) is 59.1 Å². The van der Waals surface area contributed by atoms with Crippen LogP contribution in [0.3, 0.4) is 0 Å². The Hall–Kier alpha value is -3.09. The van der Waals surface area contributed by atoms with E-state index in [0.29, 0.717) is 33.8 Å². The van der Waals surface area contributed by atoms with Crippen LogP contribution in [0.5, 0.6) is 0 Å². The number of H-pyrrole nitrogens is 1. The van der Waals surface area contributed by atoms with E-state index in [1.54, 1.807) is 41.2 Å². The van der Waals surface area contributed by atoms with E-state index >= 15 is 0 Å². The Morgan fingerprint density at radius 1 is 1.10 bits per heavy atom. The maximum absolute atomic E-state index is 12.5. The highest BCUT2D eigenvalue weighted by atomic mass is 35.5. The van der Waals surface area contributed by atoms with Gasteiger partial charge in [-0.2, -0.15) is 10.2 Å². The Kier molecular flexibility index (Phi) is 5.38. The summed E-state index contributed by atoms with van der Waals surface area (Å²) in [7, 11) is 0. The zero-order valence-corrected chi connectivity index (χ0v) is 17.0. The van der Waals surface area contributed by atoms with E-state index in [-0.39, 0.29) is 5.91 Å². The van der Waals surface area contributed by atoms with Crippen molar-refractivity contribution in [3.05, 3.63) is 87.7 Å². The number of rotatable bonds is 5. The first-order valence-corrected chi connectivity index (χ1v) is 9.65. The van der Waals surface area contributed by atoms with Crippen molar-refractivity contribution >= 4 is 34.9 Å². The third-order valence-electron chi connectivity index (χ3n) is 4.43. The number of halogens is 2. The second-order valence-electron chi connectivity index (χ2n) is 6.59. The molecule has 0 spiro atoms. The van der Waals surface area contributed by atoms with Gasteiger partial charge in [0.15, 0.2) is 5.82 Å². The molecule has 4 rings (SSSR count). The fraction of sp³-hybridized carbons (Fsp3) is 0.0952. The van der Waals surface area contributed by atoms with E-state index in [4.69, 9.17) is 23.2 Å². The van der Waals surface area contributed by atoms with Crippen molar-refractivity contribution in [2.24, 2.45) is 0 Å². The van der Waals surface area contributed by atoms with Crippen molar-refractivity contribution in [3.63, 3.8) is 0 Å². The summed E-state index contributed by atoms with van der Waals surface area (Å²) in [6, 6.07) is 16.7. The highest BCUT2D eigenvalue weighted by Crippen LogP contribution is 2.25. The van der Waals surface area contributed by atoms with Crippen LogP contribution in [0.1, 0.15) is 21.6 Å². The van der Waals surface area contributed by atoms with Gasteiger partial charge in [-0.15, -0.1) is 0 Å². The molecular formula is C21H17Cl2N5O. The fourth-order valence-corrected chi connectivity index (χ4v) is 3.37. The lowest BCUT2D eigenvalue weighted by Crippen LogP contribution is -2.13. The normalized spacial score (nSPS) is 10.9. The molecule has 4 aromatic rings. The summed E-state index contributed by atoms with van der Waals surface area (Å²) < 4.78 is 1.66. The highest BCUT2D eigenvalue weighted by molar-refractivity contribution is 6.35. The van der Waals surface area contributed by atoms with Crippen LogP contribution in [-0.4, -0.2) is 25.9 Å². The van der Waals surface area contributed by atoms with Crippen molar-refractivity contribution < 1.29 is 4.79 Å². The molecule has 146 valence electrons. The van der Waals surface area contributed by atoms with Gasteiger partial charge in [-0.3, -0.25) is 14.6 Å². The van der Waals surface area contributed by atoms with E-state index in [2.05, 4.69) is 20.6 Å². The summed E-state index contributed by atoms with van der Waals surface area (Å²) in [6.45, 7) is 2.42. The first-order valence-electron chi connectivity index (χ1n) is 8.90. The highest BCUT2D eigenvalue weighted by Gasteiger charge is 2.13. The average Bonchev–Trinajstić information content (AvgIpc) is 3.35. The maximum Gasteiger partial charge on any atom is 0.274 e. The number of aromatic nitrogens is 4. The smallest absolute Gasteiger partial charge is 0.274 e. The third kappa shape index (κ3) is 4.34. The van der Waals surface area contributed by atoms with Crippen LogP contribution in [0.15, 0.2) is 60.8 Å². The zero-order chi connectivity index (χ0) is 20.4. The summed E-state index contributed by atoms with van der Waals surface area (Å²) in [5.74, 6) is 0.0987. The largest absolute Gasteiger partial charge is 0.304 e. The van der Waals surface area contributed by atoms with Crippen LogP contribution in [0.2, 0.25) is 10.0 Å². The van der Waals surface area contributed by atoms with E-state index in [1.165, 1.54) is 0 Å². The number of hydrogen-bond acceptors (Lipinski definition) is 3. The van der Waals surface area contributed by atoms with Crippen LogP contribution in [0.25, 0.3) is 11.3 Å². The average molecular weight is 426 g/mol. The monoisotopic (exact) mass is 425 g/mol. The number of anilines is 1. The van der Waals surface area contributed by atoms with Crippen molar-refractivity contribution in [1.82, 2.24) is 20.0 Å². The molecule has 0 aliphatic rings. The van der Waals surface area contributed by atoms with Gasteiger partial charge >= 0.3 is 0 Å². The quantitative estimate of drug-likeness (QED) is 0.461. The first-order chi connectivity index (χ1) is 14.0. The first kappa shape index (κ1) is 19.2. The molecule has 2 aromatic carbocycles. The molecule has 0 aliphatic carbocycles. The number of amides is 1. The second kappa shape index (κ2) is 8.11. The summed E-state index contributed by atoms with van der Waals surface area (Å²) in [6.07, 6.45) is 1.75. The molecule has 6 nitrogen and oxygen atoms in total. The minimum atomic E-state index is -0.322. The molecule has 2 N–H and O–H groups in total. The molecule has 2 aromatic heterocycles. The Morgan fingerprint density at radius 3 is 2.55 bits per heavy atom. The molecular weight excluding hydrogens is 409 g/mol. The van der Waals surface area contributed by atoms with Gasteiger partial charge in [-0.25, -0.2) is 0 Å². The van der Waals surface area contributed by atoms with Gasteiger partial charge in [0.25, 0.3) is 5.91 Å². The van der Waals surface area contributed by atoms with Crippen molar-refractivity contribution in [2.75, 3.05) is 5.32 Å². The molecule has 0 saturated carbocycles. The lowest BCUT2D eigenvalue weighted by atomic mass is 10.1. The molecule has 29 heavy (non-hydrogen) atoms. The Morgan fingerprint density at radius 2 is 1.83 bits per heavy atom. The number of carbonyl (C=O) groups is 1. The molecule has 0 bridgehead atoms. The number of aromatic amines is 1. The van der Waals surface area contributed by atoms with Crippen molar-refractivity contribution in [1.29, 1.82) is 0 Å². The summed E-state index contributed by atoms with van der Waals surface area (Å²) >= 11 is 12.4. The van der Waals surface area contributed by atoms with Gasteiger partial charge in [-0.05, 0) is 25.1 Å². The van der Waals surface area contributed by atoms with Crippen LogP contribution >= 0.6 is 23.2 Å². The van der Waals surface area contributed by atoms with Crippen LogP contribution in [0, 0.1) is 6.92 Å². The summed E-state index contributed by atoms with van der Waals surface area (Å²) in [4.78, 5) is 12.5. The van der Waals surface area contributed by atoms with Gasteiger partial charge in [0.05, 0.1) is 12.2 Å². The molecule has 0 atom stereocenters. The second-order valence-corrected chi connectivity index (χ2v) is 7.40. The standard InChI is InChI=1S/C21H17Cl2N5O/c1-13-5-7-14(8-6-13)18-11-19(26-25-18)21(29)24-20-9-10-28(27-20)12-15-16(22)3-2-4-17(15)23/h2-11H,12H2,1H3,(H,25,26)(H,24,27,29). The molecule has 0 unspecified atom stereocenters. The topological polar surface area (TPSA) is 75.6 Å². The van der Waals surface area contributed by atoms with E-state index in [0.717, 1.165) is 16.7 Å². The molecule has 8 heteroatoms. The zero-order valence-electron chi connectivity index (χ0n) is 15.5. The lowest BCUT2D eigenvalue weighted by Gasteiger charge is -2.06. The number of aryl methyl sites for hydroxylation is 1. The van der Waals surface area contributed by atoms with E-state index in [1.807, 2.05) is 31.2 Å². The number of carbonyl (C=O) groups excluding carboxylic acids is 1. The van der Waals surface area contributed by atoms with Gasteiger partial charge in [0, 0.05) is 33.4 Å². The van der Waals surface area contributed by atoms with Crippen molar-refractivity contribution in [2.45, 2.75) is 13.5 Å². The minimum Gasteiger partial charge on any atom is -0.304 e. The van der Waals surface area contributed by atoms with E-state index < -0.39 is 0 Å². The molecule has 0 saturated heterocycles.